The van der Waals surface area contributed by atoms with E-state index in [-0.39, 0.29) is 48.3 Å². The standard InChI is InChI=1S/C25H37N3O6/c1-16-13-28(24(30)19-8-10-33-11-9-19)17(2)15-34-22-12-20(26-18(3)29)6-7-21(22)25(31)27(4)14-23(16)32-5/h6-7,12,16-17,19,23H,8-11,13-15H2,1-5H3,(H,26,29)/t16-,17+,23+/m0/s1. The molecule has 1 aromatic rings. The Labute approximate surface area is 201 Å². The molecular formula is C25H37N3O6. The van der Waals surface area contributed by atoms with Gasteiger partial charge in [0.2, 0.25) is 11.8 Å². The predicted molar refractivity (Wildman–Crippen MR) is 128 cm³/mol. The summed E-state index contributed by atoms with van der Waals surface area (Å²) in [6.45, 7) is 7.71. The van der Waals surface area contributed by atoms with E-state index in [4.69, 9.17) is 14.2 Å². The van der Waals surface area contributed by atoms with Crippen LogP contribution in [0.2, 0.25) is 0 Å². The zero-order valence-corrected chi connectivity index (χ0v) is 20.8. The molecule has 0 radical (unpaired) electrons. The molecule has 1 aromatic carbocycles. The van der Waals surface area contributed by atoms with Gasteiger partial charge in [-0.2, -0.15) is 0 Å². The number of rotatable bonds is 3. The third kappa shape index (κ3) is 6.27. The van der Waals surface area contributed by atoms with Crippen molar-refractivity contribution in [2.75, 3.05) is 52.4 Å². The second-order valence-electron chi connectivity index (χ2n) is 9.37. The van der Waals surface area contributed by atoms with Crippen LogP contribution in [0.4, 0.5) is 5.69 Å². The number of benzene rings is 1. The lowest BCUT2D eigenvalue weighted by molar-refractivity contribution is -0.143. The molecule has 1 N–H and O–H groups in total. The van der Waals surface area contributed by atoms with Crippen molar-refractivity contribution in [2.24, 2.45) is 11.8 Å². The molecular weight excluding hydrogens is 438 g/mol. The number of methoxy groups -OCH3 is 1. The maximum Gasteiger partial charge on any atom is 0.257 e. The third-order valence-corrected chi connectivity index (χ3v) is 6.62. The van der Waals surface area contributed by atoms with Gasteiger partial charge in [0, 0.05) is 71.0 Å². The summed E-state index contributed by atoms with van der Waals surface area (Å²) in [6, 6.07) is 4.77. The number of fused-ring (bicyclic) bond motifs is 1. The smallest absolute Gasteiger partial charge is 0.257 e. The number of nitrogens with one attached hydrogen (secondary N) is 1. The van der Waals surface area contributed by atoms with Crippen molar-refractivity contribution in [2.45, 2.75) is 45.8 Å². The van der Waals surface area contributed by atoms with Crippen molar-refractivity contribution in [3.05, 3.63) is 23.8 Å². The molecule has 0 spiro atoms. The van der Waals surface area contributed by atoms with Crippen LogP contribution in [0.5, 0.6) is 5.75 Å². The Kier molecular flexibility index (Phi) is 8.90. The SMILES string of the molecule is CO[C@@H]1CN(C)C(=O)c2ccc(NC(C)=O)cc2OC[C@@H](C)N(C(=O)C2CCOCC2)C[C@@H]1C. The first-order valence-electron chi connectivity index (χ1n) is 11.9. The van der Waals surface area contributed by atoms with Gasteiger partial charge >= 0.3 is 0 Å². The Balaban J connectivity index is 1.94. The van der Waals surface area contributed by atoms with Gasteiger partial charge in [0.15, 0.2) is 0 Å². The van der Waals surface area contributed by atoms with Crippen LogP contribution < -0.4 is 10.1 Å². The summed E-state index contributed by atoms with van der Waals surface area (Å²) >= 11 is 0. The Morgan fingerprint density at radius 2 is 1.85 bits per heavy atom. The summed E-state index contributed by atoms with van der Waals surface area (Å²) in [5.41, 5.74) is 0.939. The first kappa shape index (κ1) is 26.0. The fourth-order valence-electron chi connectivity index (χ4n) is 4.54. The van der Waals surface area contributed by atoms with Crippen LogP contribution in [0.15, 0.2) is 18.2 Å². The largest absolute Gasteiger partial charge is 0.491 e. The number of hydrogen-bond donors (Lipinski definition) is 1. The highest BCUT2D eigenvalue weighted by Crippen LogP contribution is 2.28. The van der Waals surface area contributed by atoms with Crippen molar-refractivity contribution in [1.29, 1.82) is 0 Å². The van der Waals surface area contributed by atoms with E-state index in [1.807, 2.05) is 18.7 Å². The van der Waals surface area contributed by atoms with E-state index in [0.717, 1.165) is 0 Å². The van der Waals surface area contributed by atoms with Crippen LogP contribution in [0.3, 0.4) is 0 Å². The normalized spacial score (nSPS) is 25.0. The molecule has 0 aromatic heterocycles. The van der Waals surface area contributed by atoms with Gasteiger partial charge in [-0.25, -0.2) is 0 Å². The Morgan fingerprint density at radius 1 is 1.15 bits per heavy atom. The van der Waals surface area contributed by atoms with Gasteiger partial charge in [-0.15, -0.1) is 0 Å². The minimum absolute atomic E-state index is 0.00697. The van der Waals surface area contributed by atoms with Crippen LogP contribution >= 0.6 is 0 Å². The van der Waals surface area contributed by atoms with E-state index < -0.39 is 0 Å². The van der Waals surface area contributed by atoms with Gasteiger partial charge in [0.05, 0.1) is 17.7 Å². The molecule has 1 saturated heterocycles. The number of anilines is 1. The summed E-state index contributed by atoms with van der Waals surface area (Å²) in [4.78, 5) is 41.8. The Bertz CT molecular complexity index is 885. The molecule has 2 aliphatic rings. The van der Waals surface area contributed by atoms with Gasteiger partial charge in [-0.05, 0) is 31.9 Å². The van der Waals surface area contributed by atoms with Gasteiger partial charge in [0.25, 0.3) is 5.91 Å². The second kappa shape index (κ2) is 11.7. The fourth-order valence-corrected chi connectivity index (χ4v) is 4.54. The van der Waals surface area contributed by atoms with E-state index in [1.54, 1.807) is 37.3 Å². The van der Waals surface area contributed by atoms with Crippen LogP contribution in [-0.4, -0.2) is 86.7 Å². The van der Waals surface area contributed by atoms with Crippen LogP contribution in [0.1, 0.15) is 44.0 Å². The summed E-state index contributed by atoms with van der Waals surface area (Å²) < 4.78 is 17.3. The van der Waals surface area contributed by atoms with Crippen LogP contribution in [0, 0.1) is 11.8 Å². The van der Waals surface area contributed by atoms with E-state index in [2.05, 4.69) is 5.32 Å². The lowest BCUT2D eigenvalue weighted by Gasteiger charge is -2.38. The lowest BCUT2D eigenvalue weighted by atomic mass is 9.95. The molecule has 188 valence electrons. The van der Waals surface area contributed by atoms with Crippen molar-refractivity contribution >= 4 is 23.4 Å². The summed E-state index contributed by atoms with van der Waals surface area (Å²) in [7, 11) is 3.36. The lowest BCUT2D eigenvalue weighted by Crippen LogP contribution is -2.50. The first-order chi connectivity index (χ1) is 16.2. The highest BCUT2D eigenvalue weighted by molar-refractivity contribution is 5.98. The van der Waals surface area contributed by atoms with Crippen molar-refractivity contribution in [3.8, 4) is 5.75 Å². The number of carbonyl (C=O) groups is 3. The highest BCUT2D eigenvalue weighted by atomic mass is 16.5. The van der Waals surface area contributed by atoms with Crippen molar-refractivity contribution < 1.29 is 28.6 Å². The minimum Gasteiger partial charge on any atom is -0.491 e. The van der Waals surface area contributed by atoms with Gasteiger partial charge < -0.3 is 29.3 Å². The molecule has 3 rings (SSSR count). The molecule has 3 atom stereocenters. The van der Waals surface area contributed by atoms with Crippen LogP contribution in [0.25, 0.3) is 0 Å². The molecule has 2 aliphatic heterocycles. The van der Waals surface area contributed by atoms with Gasteiger partial charge in [-0.1, -0.05) is 6.92 Å². The number of amides is 3. The molecule has 9 heteroatoms. The zero-order chi connectivity index (χ0) is 24.8. The third-order valence-electron chi connectivity index (χ3n) is 6.62. The molecule has 34 heavy (non-hydrogen) atoms. The quantitative estimate of drug-likeness (QED) is 0.721. The van der Waals surface area contributed by atoms with E-state index in [1.165, 1.54) is 6.92 Å². The number of ether oxygens (including phenoxy) is 3. The number of carbonyl (C=O) groups excluding carboxylic acids is 3. The first-order valence-corrected chi connectivity index (χ1v) is 11.9. The van der Waals surface area contributed by atoms with E-state index in [9.17, 15) is 14.4 Å². The fraction of sp³-hybridized carbons (Fsp3) is 0.640. The number of likely N-dealkylation sites (N-methyl/N-ethyl adjacent to an activating group) is 1. The van der Waals surface area contributed by atoms with Crippen molar-refractivity contribution in [3.63, 3.8) is 0 Å². The maximum atomic E-state index is 13.5. The summed E-state index contributed by atoms with van der Waals surface area (Å²) in [5, 5.41) is 2.73. The highest BCUT2D eigenvalue weighted by Gasteiger charge is 2.33. The van der Waals surface area contributed by atoms with E-state index in [0.29, 0.717) is 56.1 Å². The van der Waals surface area contributed by atoms with Gasteiger partial charge in [0.1, 0.15) is 12.4 Å². The molecule has 0 aliphatic carbocycles. The molecule has 1 fully saturated rings. The molecule has 0 saturated carbocycles. The molecule has 9 nitrogen and oxygen atoms in total. The molecule has 2 heterocycles. The average Bonchev–Trinajstić information content (AvgIpc) is 2.82. The maximum absolute atomic E-state index is 13.5. The number of nitrogens with zero attached hydrogens (tertiary/aromatic N) is 2. The monoisotopic (exact) mass is 475 g/mol. The molecule has 0 bridgehead atoms. The minimum atomic E-state index is -0.242. The Hall–Kier alpha value is -2.65. The predicted octanol–water partition coefficient (Wildman–Crippen LogP) is 2.40. The molecule has 3 amide bonds. The van der Waals surface area contributed by atoms with Gasteiger partial charge in [-0.3, -0.25) is 14.4 Å². The van der Waals surface area contributed by atoms with E-state index >= 15 is 0 Å². The Morgan fingerprint density at radius 3 is 2.50 bits per heavy atom. The molecule has 0 unspecified atom stereocenters. The average molecular weight is 476 g/mol. The summed E-state index contributed by atoms with van der Waals surface area (Å²) in [6.07, 6.45) is 1.18. The van der Waals surface area contributed by atoms with Crippen LogP contribution in [-0.2, 0) is 19.1 Å². The van der Waals surface area contributed by atoms with Crippen molar-refractivity contribution in [1.82, 2.24) is 9.80 Å². The second-order valence-corrected chi connectivity index (χ2v) is 9.37. The number of hydrogen-bond acceptors (Lipinski definition) is 6. The zero-order valence-electron chi connectivity index (χ0n) is 20.8. The topological polar surface area (TPSA) is 97.4 Å². The summed E-state index contributed by atoms with van der Waals surface area (Å²) in [5.74, 6) is 0.00983.